The van der Waals surface area contributed by atoms with E-state index in [9.17, 15) is 14.0 Å². The van der Waals surface area contributed by atoms with Crippen LogP contribution in [0.1, 0.15) is 0 Å². The third-order valence-electron chi connectivity index (χ3n) is 1.37. The number of carbonyl (C=O) groups excluding carboxylic acids is 1. The molecule has 0 radical (unpaired) electrons. The summed E-state index contributed by atoms with van der Waals surface area (Å²) >= 11 is 5.51. The Labute approximate surface area is 83.3 Å². The average molecular weight is 218 g/mol. The first-order valence-electron chi connectivity index (χ1n) is 3.50. The van der Waals surface area contributed by atoms with Gasteiger partial charge in [-0.3, -0.25) is 4.79 Å². The van der Waals surface area contributed by atoms with Crippen molar-refractivity contribution in [1.29, 1.82) is 0 Å². The second-order valence-electron chi connectivity index (χ2n) is 2.38. The van der Waals surface area contributed by atoms with Crippen LogP contribution in [0, 0.1) is 5.82 Å². The van der Waals surface area contributed by atoms with Gasteiger partial charge < -0.3 is 10.4 Å². The van der Waals surface area contributed by atoms with E-state index in [-0.39, 0.29) is 10.7 Å². The molecule has 4 nitrogen and oxygen atoms in total. The molecule has 74 valence electrons. The van der Waals surface area contributed by atoms with Crippen LogP contribution in [-0.4, -0.2) is 17.0 Å². The summed E-state index contributed by atoms with van der Waals surface area (Å²) in [7, 11) is 0. The number of aliphatic carboxylic acids is 1. The molecule has 0 saturated carbocycles. The molecule has 0 bridgehead atoms. The number of carboxylic acids is 1. The van der Waals surface area contributed by atoms with Gasteiger partial charge in [-0.1, -0.05) is 11.6 Å². The minimum absolute atomic E-state index is 0.201. The first kappa shape index (κ1) is 10.5. The predicted octanol–water partition coefficient (Wildman–Crippen LogP) is 1.50. The Kier molecular flexibility index (Phi) is 3.03. The first-order valence-corrected chi connectivity index (χ1v) is 3.88. The van der Waals surface area contributed by atoms with Crippen molar-refractivity contribution in [2.45, 2.75) is 0 Å². The zero-order valence-electron chi connectivity index (χ0n) is 6.75. The summed E-state index contributed by atoms with van der Waals surface area (Å²) < 4.78 is 12.9. The highest BCUT2D eigenvalue weighted by atomic mass is 35.5. The first-order chi connectivity index (χ1) is 6.50. The molecule has 0 aliphatic heterocycles. The monoisotopic (exact) mass is 217 g/mol. The number of hydrogen-bond donors (Lipinski definition) is 2. The van der Waals surface area contributed by atoms with Crippen LogP contribution in [0.5, 0.6) is 0 Å². The highest BCUT2D eigenvalue weighted by Gasteiger charge is 2.13. The summed E-state index contributed by atoms with van der Waals surface area (Å²) in [4.78, 5) is 20.8. The molecular formula is C8H5ClFNO3. The van der Waals surface area contributed by atoms with Gasteiger partial charge in [0.1, 0.15) is 5.82 Å². The molecule has 14 heavy (non-hydrogen) atoms. The number of anilines is 1. The molecule has 0 saturated heterocycles. The summed E-state index contributed by atoms with van der Waals surface area (Å²) in [5.41, 5.74) is -0.259. The summed E-state index contributed by atoms with van der Waals surface area (Å²) in [5, 5.41) is 10.3. The molecule has 1 amide bonds. The van der Waals surface area contributed by atoms with Gasteiger partial charge in [0, 0.05) is 5.02 Å². The van der Waals surface area contributed by atoms with Crippen LogP contribution in [0.15, 0.2) is 18.2 Å². The van der Waals surface area contributed by atoms with Gasteiger partial charge >= 0.3 is 11.9 Å². The van der Waals surface area contributed by atoms with E-state index in [1.54, 1.807) is 0 Å². The fourth-order valence-electron chi connectivity index (χ4n) is 0.769. The van der Waals surface area contributed by atoms with Crippen LogP contribution in [0.2, 0.25) is 5.02 Å². The molecule has 1 aromatic rings. The van der Waals surface area contributed by atoms with Gasteiger partial charge in [0.25, 0.3) is 0 Å². The van der Waals surface area contributed by atoms with Crippen molar-refractivity contribution in [3.63, 3.8) is 0 Å². The fraction of sp³-hybridized carbons (Fsp3) is 0. The molecule has 0 aliphatic carbocycles. The molecule has 2 N–H and O–H groups in total. The van der Waals surface area contributed by atoms with Crippen molar-refractivity contribution < 1.29 is 19.1 Å². The van der Waals surface area contributed by atoms with Crippen molar-refractivity contribution in [3.8, 4) is 0 Å². The Bertz CT molecular complexity index is 394. The fourth-order valence-corrected chi connectivity index (χ4v) is 0.941. The summed E-state index contributed by atoms with van der Waals surface area (Å²) in [6.07, 6.45) is 0. The van der Waals surface area contributed by atoms with Crippen LogP contribution in [-0.2, 0) is 9.59 Å². The maximum absolute atomic E-state index is 12.9. The molecule has 1 aromatic carbocycles. The second-order valence-corrected chi connectivity index (χ2v) is 2.82. The van der Waals surface area contributed by atoms with Crippen LogP contribution in [0.25, 0.3) is 0 Å². The second kappa shape index (κ2) is 4.06. The Balaban J connectivity index is 2.91. The Morgan fingerprint density at radius 3 is 2.64 bits per heavy atom. The number of halogens is 2. The van der Waals surface area contributed by atoms with E-state index in [2.05, 4.69) is 0 Å². The van der Waals surface area contributed by atoms with Gasteiger partial charge in [-0.25, -0.2) is 9.18 Å². The SMILES string of the molecule is O=C(O)C(=O)Nc1cc(Cl)ccc1F. The van der Waals surface area contributed by atoms with Gasteiger partial charge in [0.15, 0.2) is 0 Å². The van der Waals surface area contributed by atoms with E-state index in [1.165, 1.54) is 6.07 Å². The Morgan fingerprint density at radius 2 is 2.07 bits per heavy atom. The van der Waals surface area contributed by atoms with Gasteiger partial charge in [0.05, 0.1) is 5.69 Å². The lowest BCUT2D eigenvalue weighted by atomic mass is 10.3. The molecule has 0 unspecified atom stereocenters. The number of rotatable bonds is 1. The van der Waals surface area contributed by atoms with Gasteiger partial charge in [0.2, 0.25) is 0 Å². The molecule has 1 rings (SSSR count). The lowest BCUT2D eigenvalue weighted by Crippen LogP contribution is -2.22. The van der Waals surface area contributed by atoms with Crippen molar-refractivity contribution in [2.24, 2.45) is 0 Å². The van der Waals surface area contributed by atoms with E-state index in [0.29, 0.717) is 0 Å². The average Bonchev–Trinajstić information content (AvgIpc) is 2.11. The largest absolute Gasteiger partial charge is 0.474 e. The van der Waals surface area contributed by atoms with Crippen molar-refractivity contribution in [3.05, 3.63) is 29.0 Å². The predicted molar refractivity (Wildman–Crippen MR) is 47.7 cm³/mol. The Hall–Kier alpha value is -1.62. The maximum atomic E-state index is 12.9. The Morgan fingerprint density at radius 1 is 1.43 bits per heavy atom. The minimum Gasteiger partial charge on any atom is -0.474 e. The van der Waals surface area contributed by atoms with E-state index in [0.717, 1.165) is 12.1 Å². The van der Waals surface area contributed by atoms with E-state index < -0.39 is 17.7 Å². The molecule has 0 aromatic heterocycles. The molecule has 0 fully saturated rings. The van der Waals surface area contributed by atoms with E-state index >= 15 is 0 Å². The van der Waals surface area contributed by atoms with Crippen molar-refractivity contribution in [2.75, 3.05) is 5.32 Å². The smallest absolute Gasteiger partial charge is 0.394 e. The topological polar surface area (TPSA) is 66.4 Å². The maximum Gasteiger partial charge on any atom is 0.394 e. The van der Waals surface area contributed by atoms with Crippen LogP contribution >= 0.6 is 11.6 Å². The number of carbonyl (C=O) groups is 2. The van der Waals surface area contributed by atoms with E-state index in [1.807, 2.05) is 5.32 Å². The van der Waals surface area contributed by atoms with Gasteiger partial charge in [-0.05, 0) is 18.2 Å². The number of carboxylic acid groups (broad SMARTS) is 1. The lowest BCUT2D eigenvalue weighted by Gasteiger charge is -2.03. The normalized spacial score (nSPS) is 9.57. The van der Waals surface area contributed by atoms with Crippen molar-refractivity contribution in [1.82, 2.24) is 0 Å². The summed E-state index contributed by atoms with van der Waals surface area (Å²) in [5.74, 6) is -3.75. The summed E-state index contributed by atoms with van der Waals surface area (Å²) in [6.45, 7) is 0. The highest BCUT2D eigenvalue weighted by Crippen LogP contribution is 2.19. The van der Waals surface area contributed by atoms with E-state index in [4.69, 9.17) is 16.7 Å². The highest BCUT2D eigenvalue weighted by molar-refractivity contribution is 6.36. The standard InChI is InChI=1S/C8H5ClFNO3/c9-4-1-2-5(10)6(3-4)11-7(12)8(13)14/h1-3H,(H,11,12)(H,13,14). The minimum atomic E-state index is -1.69. The third-order valence-corrected chi connectivity index (χ3v) is 1.61. The molecular weight excluding hydrogens is 213 g/mol. The molecule has 0 heterocycles. The zero-order valence-corrected chi connectivity index (χ0v) is 7.51. The number of amides is 1. The summed E-state index contributed by atoms with van der Waals surface area (Å²) in [6, 6.07) is 3.44. The van der Waals surface area contributed by atoms with Crippen LogP contribution < -0.4 is 5.32 Å². The molecule has 0 aliphatic rings. The van der Waals surface area contributed by atoms with Crippen LogP contribution in [0.4, 0.5) is 10.1 Å². The van der Waals surface area contributed by atoms with Crippen LogP contribution in [0.3, 0.4) is 0 Å². The number of benzene rings is 1. The lowest BCUT2D eigenvalue weighted by molar-refractivity contribution is -0.147. The molecule has 0 spiro atoms. The van der Waals surface area contributed by atoms with Crippen molar-refractivity contribution >= 4 is 29.2 Å². The third kappa shape index (κ3) is 2.43. The number of hydrogen-bond acceptors (Lipinski definition) is 2. The van der Waals surface area contributed by atoms with Gasteiger partial charge in [-0.15, -0.1) is 0 Å². The quantitative estimate of drug-likeness (QED) is 0.701. The van der Waals surface area contributed by atoms with Gasteiger partial charge in [-0.2, -0.15) is 0 Å². The number of nitrogens with one attached hydrogen (secondary N) is 1. The zero-order chi connectivity index (χ0) is 10.7. The molecule has 0 atom stereocenters. The molecule has 6 heteroatoms.